The lowest BCUT2D eigenvalue weighted by molar-refractivity contribution is 0.221. The highest BCUT2D eigenvalue weighted by Gasteiger charge is 2.26. The summed E-state index contributed by atoms with van der Waals surface area (Å²) in [6.45, 7) is 3.69. The number of halogens is 1. The fraction of sp³-hybridized carbons (Fsp3) is 0.0882. The fourth-order valence-corrected chi connectivity index (χ4v) is 7.20. The molecule has 0 radical (unpaired) electrons. The van der Waals surface area contributed by atoms with E-state index in [0.717, 1.165) is 15.1 Å². The van der Waals surface area contributed by atoms with Gasteiger partial charge in [0.2, 0.25) is 0 Å². The monoisotopic (exact) mass is 642 g/mol. The van der Waals surface area contributed by atoms with Gasteiger partial charge in [0, 0.05) is 28.9 Å². The van der Waals surface area contributed by atoms with Gasteiger partial charge in [-0.1, -0.05) is 59.7 Å². The molecule has 1 N–H and O–H groups in total. The Kier molecular flexibility index (Phi) is 7.77. The standard InChI is InChI=1S/C34H27FN2O6S2/c1-22-9-13-29(14-10-22)44(39,40)37-21-32(33(38)25-6-3-7-27(35)17-25)31-19-26(20-36-34(31)37)24-5-4-8-28(18-24)43-45(41,42)30-15-11-23(2)12-16-30/h3-21,33,38H,1-2H3. The summed E-state index contributed by atoms with van der Waals surface area (Å²) in [4.78, 5) is 4.52. The summed E-state index contributed by atoms with van der Waals surface area (Å²) in [7, 11) is -8.24. The van der Waals surface area contributed by atoms with Crippen molar-refractivity contribution < 1.29 is 30.5 Å². The molecule has 1 atom stereocenters. The van der Waals surface area contributed by atoms with Gasteiger partial charge in [-0.3, -0.25) is 0 Å². The number of nitrogens with zero attached hydrogens (tertiary/aromatic N) is 2. The number of hydrogen-bond acceptors (Lipinski definition) is 7. The van der Waals surface area contributed by atoms with Crippen molar-refractivity contribution in [3.05, 3.63) is 144 Å². The lowest BCUT2D eigenvalue weighted by atomic mass is 9.99. The van der Waals surface area contributed by atoms with Gasteiger partial charge in [0.05, 0.1) is 4.90 Å². The Bertz CT molecular complexity index is 2270. The van der Waals surface area contributed by atoms with Gasteiger partial charge in [0.25, 0.3) is 10.0 Å². The summed E-state index contributed by atoms with van der Waals surface area (Å²) in [5.41, 5.74) is 3.29. The van der Waals surface area contributed by atoms with Crippen LogP contribution in [0.1, 0.15) is 28.4 Å². The molecule has 228 valence electrons. The van der Waals surface area contributed by atoms with E-state index in [1.807, 2.05) is 13.8 Å². The van der Waals surface area contributed by atoms with E-state index >= 15 is 0 Å². The molecular formula is C34H27FN2O6S2. The normalized spacial score (nSPS) is 12.7. The highest BCUT2D eigenvalue weighted by Crippen LogP contribution is 2.35. The van der Waals surface area contributed by atoms with E-state index < -0.39 is 32.1 Å². The quantitative estimate of drug-likeness (QED) is 0.187. The number of pyridine rings is 1. The summed E-state index contributed by atoms with van der Waals surface area (Å²) >= 11 is 0. The molecule has 0 saturated heterocycles. The molecule has 0 amide bonds. The first kappa shape index (κ1) is 30.2. The molecule has 2 heterocycles. The Balaban J connectivity index is 1.46. The number of fused-ring (bicyclic) bond motifs is 1. The van der Waals surface area contributed by atoms with Crippen molar-refractivity contribution in [1.82, 2.24) is 8.96 Å². The van der Waals surface area contributed by atoms with E-state index in [1.54, 1.807) is 42.5 Å². The van der Waals surface area contributed by atoms with Gasteiger partial charge in [-0.15, -0.1) is 0 Å². The Morgan fingerprint density at radius 1 is 0.778 bits per heavy atom. The van der Waals surface area contributed by atoms with Gasteiger partial charge in [0.15, 0.2) is 5.65 Å². The topological polar surface area (TPSA) is 116 Å². The van der Waals surface area contributed by atoms with E-state index in [0.29, 0.717) is 16.5 Å². The van der Waals surface area contributed by atoms with E-state index in [2.05, 4.69) is 4.98 Å². The molecule has 0 aliphatic rings. The predicted octanol–water partition coefficient (Wildman–Crippen LogP) is 6.55. The minimum absolute atomic E-state index is 0.00805. The minimum atomic E-state index is -4.14. The zero-order valence-electron chi connectivity index (χ0n) is 24.1. The molecular weight excluding hydrogens is 616 g/mol. The van der Waals surface area contributed by atoms with Gasteiger partial charge in [-0.25, -0.2) is 21.8 Å². The maximum atomic E-state index is 14.1. The number of hydrogen-bond donors (Lipinski definition) is 1. The molecule has 45 heavy (non-hydrogen) atoms. The highest BCUT2D eigenvalue weighted by atomic mass is 32.2. The average molecular weight is 643 g/mol. The van der Waals surface area contributed by atoms with Gasteiger partial charge >= 0.3 is 10.1 Å². The van der Waals surface area contributed by atoms with Crippen LogP contribution in [0.4, 0.5) is 4.39 Å². The number of benzene rings is 4. The lowest BCUT2D eigenvalue weighted by Crippen LogP contribution is -2.12. The van der Waals surface area contributed by atoms with E-state index in [4.69, 9.17) is 4.18 Å². The average Bonchev–Trinajstić information content (AvgIpc) is 3.41. The maximum absolute atomic E-state index is 14.1. The SMILES string of the molecule is Cc1ccc(S(=O)(=O)Oc2cccc(-c3cnc4c(c3)c(C(O)c3cccc(F)c3)cn4S(=O)(=O)c3ccc(C)cc3)c2)cc1. The zero-order valence-corrected chi connectivity index (χ0v) is 25.8. The molecule has 1 unspecified atom stereocenters. The van der Waals surface area contributed by atoms with E-state index in [9.17, 15) is 26.3 Å². The van der Waals surface area contributed by atoms with Crippen LogP contribution in [-0.4, -0.2) is 30.9 Å². The molecule has 0 aliphatic carbocycles. The second kappa shape index (κ2) is 11.6. The fourth-order valence-electron chi connectivity index (χ4n) is 4.95. The third kappa shape index (κ3) is 5.97. The molecule has 11 heteroatoms. The van der Waals surface area contributed by atoms with Crippen molar-refractivity contribution in [2.45, 2.75) is 29.7 Å². The van der Waals surface area contributed by atoms with Crippen LogP contribution in [0.15, 0.2) is 125 Å². The summed E-state index contributed by atoms with van der Waals surface area (Å²) in [6, 6.07) is 26.1. The minimum Gasteiger partial charge on any atom is -0.384 e. The predicted molar refractivity (Wildman–Crippen MR) is 168 cm³/mol. The third-order valence-corrected chi connectivity index (χ3v) is 10.3. The van der Waals surface area contributed by atoms with Crippen LogP contribution in [0.3, 0.4) is 0 Å². The number of aliphatic hydroxyl groups excluding tert-OH is 1. The first-order valence-corrected chi connectivity index (χ1v) is 16.7. The second-order valence-electron chi connectivity index (χ2n) is 10.6. The lowest BCUT2D eigenvalue weighted by Gasteiger charge is -2.11. The molecule has 0 spiro atoms. The van der Waals surface area contributed by atoms with E-state index in [-0.39, 0.29) is 32.3 Å². The summed E-state index contributed by atoms with van der Waals surface area (Å²) in [5.74, 6) is -0.494. The Labute approximate surface area is 260 Å². The van der Waals surface area contributed by atoms with Gasteiger partial charge in [0.1, 0.15) is 22.6 Å². The summed E-state index contributed by atoms with van der Waals surface area (Å²) < 4.78 is 73.8. The number of aliphatic hydroxyl groups is 1. The summed E-state index contributed by atoms with van der Waals surface area (Å²) in [5, 5.41) is 11.7. The molecule has 6 rings (SSSR count). The van der Waals surface area contributed by atoms with Crippen LogP contribution in [0, 0.1) is 19.7 Å². The molecule has 0 saturated carbocycles. The van der Waals surface area contributed by atoms with Crippen LogP contribution in [0.5, 0.6) is 5.75 Å². The molecule has 2 aromatic heterocycles. The van der Waals surface area contributed by atoms with Gasteiger partial charge < -0.3 is 9.29 Å². The highest BCUT2D eigenvalue weighted by molar-refractivity contribution is 7.90. The second-order valence-corrected chi connectivity index (χ2v) is 14.0. The smallest absolute Gasteiger partial charge is 0.339 e. The van der Waals surface area contributed by atoms with Crippen molar-refractivity contribution in [2.75, 3.05) is 0 Å². The Morgan fingerprint density at radius 2 is 1.42 bits per heavy atom. The van der Waals surface area contributed by atoms with Gasteiger partial charge in [-0.2, -0.15) is 8.42 Å². The number of aryl methyl sites for hydroxylation is 2. The van der Waals surface area contributed by atoms with Crippen LogP contribution in [0.25, 0.3) is 22.2 Å². The zero-order chi connectivity index (χ0) is 31.9. The van der Waals surface area contributed by atoms with Crippen molar-refractivity contribution in [2.24, 2.45) is 0 Å². The maximum Gasteiger partial charge on any atom is 0.339 e. The molecule has 0 bridgehead atoms. The largest absolute Gasteiger partial charge is 0.384 e. The molecule has 8 nitrogen and oxygen atoms in total. The number of rotatable bonds is 8. The summed E-state index contributed by atoms with van der Waals surface area (Å²) in [6.07, 6.45) is 1.36. The Hall–Kier alpha value is -4.84. The molecule has 0 aliphatic heterocycles. The Morgan fingerprint density at radius 3 is 2.09 bits per heavy atom. The van der Waals surface area contributed by atoms with E-state index in [1.165, 1.54) is 73.1 Å². The first-order valence-electron chi connectivity index (χ1n) is 13.8. The molecule has 6 aromatic rings. The first-order chi connectivity index (χ1) is 21.4. The molecule has 0 fully saturated rings. The molecule has 4 aromatic carbocycles. The van der Waals surface area contributed by atoms with Crippen LogP contribution < -0.4 is 4.18 Å². The van der Waals surface area contributed by atoms with Crippen LogP contribution >= 0.6 is 0 Å². The third-order valence-electron chi connectivity index (χ3n) is 7.36. The van der Waals surface area contributed by atoms with Crippen molar-refractivity contribution in [3.63, 3.8) is 0 Å². The van der Waals surface area contributed by atoms with Crippen molar-refractivity contribution in [3.8, 4) is 16.9 Å². The van der Waals surface area contributed by atoms with Crippen molar-refractivity contribution in [1.29, 1.82) is 0 Å². The van der Waals surface area contributed by atoms with Gasteiger partial charge in [-0.05, 0) is 79.6 Å². The van der Waals surface area contributed by atoms with Crippen molar-refractivity contribution >= 4 is 31.2 Å². The number of aromatic nitrogens is 2. The van der Waals surface area contributed by atoms with Crippen LogP contribution in [-0.2, 0) is 20.1 Å². The van der Waals surface area contributed by atoms with Crippen LogP contribution in [0.2, 0.25) is 0 Å².